The lowest BCUT2D eigenvalue weighted by molar-refractivity contribution is -0.116. The van der Waals surface area contributed by atoms with Crippen molar-refractivity contribution in [1.82, 2.24) is 14.8 Å². The van der Waals surface area contributed by atoms with Crippen molar-refractivity contribution in [1.29, 1.82) is 0 Å². The van der Waals surface area contributed by atoms with Gasteiger partial charge in [-0.05, 0) is 12.1 Å². The van der Waals surface area contributed by atoms with E-state index >= 15 is 0 Å². The van der Waals surface area contributed by atoms with E-state index in [1.807, 2.05) is 6.07 Å². The monoisotopic (exact) mass is 356 g/mol. The van der Waals surface area contributed by atoms with Gasteiger partial charge in [-0.3, -0.25) is 9.69 Å². The summed E-state index contributed by atoms with van der Waals surface area (Å²) in [7, 11) is 0. The molecule has 0 radical (unpaired) electrons. The van der Waals surface area contributed by atoms with Gasteiger partial charge in [-0.15, -0.1) is 0 Å². The van der Waals surface area contributed by atoms with Crippen LogP contribution in [0.3, 0.4) is 0 Å². The van der Waals surface area contributed by atoms with Gasteiger partial charge in [-0.1, -0.05) is 15.9 Å². The second kappa shape index (κ2) is 8.43. The number of aromatic nitrogens is 1. The first-order valence-electron chi connectivity index (χ1n) is 7.14. The number of piperazine rings is 1. The lowest BCUT2D eigenvalue weighted by Gasteiger charge is -2.34. The van der Waals surface area contributed by atoms with Gasteiger partial charge in [0.15, 0.2) is 0 Å². The van der Waals surface area contributed by atoms with Crippen molar-refractivity contribution in [2.75, 3.05) is 51.2 Å². The third-order valence-corrected chi connectivity index (χ3v) is 4.02. The number of amides is 1. The Labute approximate surface area is 133 Å². The summed E-state index contributed by atoms with van der Waals surface area (Å²) >= 11 is 3.35. The molecule has 0 unspecified atom stereocenters. The van der Waals surface area contributed by atoms with Gasteiger partial charge in [0.2, 0.25) is 5.91 Å². The number of nitrogens with zero attached hydrogens (tertiary/aromatic N) is 3. The Morgan fingerprint density at radius 1 is 1.29 bits per heavy atom. The van der Waals surface area contributed by atoms with Crippen molar-refractivity contribution in [2.45, 2.75) is 6.42 Å². The molecule has 1 amide bonds. The quantitative estimate of drug-likeness (QED) is 0.788. The second-order valence-corrected chi connectivity index (χ2v) is 5.98. The van der Waals surface area contributed by atoms with Crippen molar-refractivity contribution in [3.8, 4) is 0 Å². The summed E-state index contributed by atoms with van der Waals surface area (Å²) < 4.78 is 0.896. The number of halogens is 1. The molecule has 0 aromatic carbocycles. The van der Waals surface area contributed by atoms with E-state index in [0.29, 0.717) is 12.2 Å². The normalized spacial score (nSPS) is 16.9. The summed E-state index contributed by atoms with van der Waals surface area (Å²) in [5.74, 6) is 0.556. The Morgan fingerprint density at radius 3 is 2.57 bits per heavy atom. The van der Waals surface area contributed by atoms with E-state index in [2.05, 4.69) is 36.0 Å². The van der Waals surface area contributed by atoms with Crippen molar-refractivity contribution in [2.24, 2.45) is 0 Å². The largest absolute Gasteiger partial charge is 0.395 e. The van der Waals surface area contributed by atoms with Gasteiger partial charge >= 0.3 is 0 Å². The van der Waals surface area contributed by atoms with E-state index in [9.17, 15) is 4.79 Å². The number of anilines is 1. The lowest BCUT2D eigenvalue weighted by atomic mass is 10.3. The zero-order valence-corrected chi connectivity index (χ0v) is 13.5. The number of β-amino-alcohol motifs (C(OH)–C–C–N with tert-alkyl or cyclic N) is 1. The molecular weight excluding hydrogens is 336 g/mol. The van der Waals surface area contributed by atoms with Crippen LogP contribution in [0.25, 0.3) is 0 Å². The van der Waals surface area contributed by atoms with E-state index in [4.69, 9.17) is 5.11 Å². The molecule has 21 heavy (non-hydrogen) atoms. The maximum atomic E-state index is 11.9. The summed E-state index contributed by atoms with van der Waals surface area (Å²) in [6, 6.07) is 3.60. The molecule has 0 saturated carbocycles. The highest BCUT2D eigenvalue weighted by Gasteiger charge is 2.16. The average molecular weight is 357 g/mol. The Bertz CT molecular complexity index is 464. The maximum absolute atomic E-state index is 11.9. The number of carbonyl (C=O) groups is 1. The molecule has 7 heteroatoms. The highest BCUT2D eigenvalue weighted by Crippen LogP contribution is 2.12. The summed E-state index contributed by atoms with van der Waals surface area (Å²) in [6.45, 7) is 5.51. The highest BCUT2D eigenvalue weighted by molar-refractivity contribution is 9.10. The van der Waals surface area contributed by atoms with Crippen LogP contribution in [-0.4, -0.2) is 71.7 Å². The molecule has 6 nitrogen and oxygen atoms in total. The number of carbonyl (C=O) groups excluding carboxylic acids is 1. The van der Waals surface area contributed by atoms with Gasteiger partial charge in [0.05, 0.1) is 6.61 Å². The van der Waals surface area contributed by atoms with Crippen molar-refractivity contribution in [3.63, 3.8) is 0 Å². The fourth-order valence-corrected chi connectivity index (χ4v) is 2.65. The molecule has 1 aromatic heterocycles. The molecule has 1 aliphatic rings. The zero-order chi connectivity index (χ0) is 15.1. The summed E-state index contributed by atoms with van der Waals surface area (Å²) in [4.78, 5) is 20.5. The van der Waals surface area contributed by atoms with Gasteiger partial charge in [-0.2, -0.15) is 0 Å². The minimum atomic E-state index is -0.0154. The number of aliphatic hydroxyl groups excluding tert-OH is 1. The first-order valence-corrected chi connectivity index (χ1v) is 7.93. The molecule has 2 rings (SSSR count). The maximum Gasteiger partial charge on any atom is 0.226 e. The van der Waals surface area contributed by atoms with Crippen molar-refractivity contribution < 1.29 is 9.90 Å². The van der Waals surface area contributed by atoms with Gasteiger partial charge in [0, 0.05) is 56.4 Å². The van der Waals surface area contributed by atoms with E-state index in [1.165, 1.54) is 0 Å². The first-order chi connectivity index (χ1) is 10.2. The first kappa shape index (κ1) is 16.4. The van der Waals surface area contributed by atoms with Crippen LogP contribution in [0, 0.1) is 0 Å². The third kappa shape index (κ3) is 5.70. The van der Waals surface area contributed by atoms with Crippen LogP contribution in [0.4, 0.5) is 5.82 Å². The topological polar surface area (TPSA) is 68.7 Å². The lowest BCUT2D eigenvalue weighted by Crippen LogP contribution is -2.47. The predicted octanol–water partition coefficient (Wildman–Crippen LogP) is 0.783. The summed E-state index contributed by atoms with van der Waals surface area (Å²) in [5, 5.41) is 11.7. The molecule has 2 heterocycles. The Kier molecular flexibility index (Phi) is 6.56. The number of hydrogen-bond acceptors (Lipinski definition) is 5. The fourth-order valence-electron chi connectivity index (χ4n) is 2.32. The number of hydrogen-bond donors (Lipinski definition) is 2. The molecule has 0 spiro atoms. The smallest absolute Gasteiger partial charge is 0.226 e. The van der Waals surface area contributed by atoms with Crippen LogP contribution in [0.5, 0.6) is 0 Å². The minimum Gasteiger partial charge on any atom is -0.395 e. The van der Waals surface area contributed by atoms with E-state index in [0.717, 1.165) is 43.7 Å². The van der Waals surface area contributed by atoms with Gasteiger partial charge in [0.1, 0.15) is 5.82 Å². The molecular formula is C14H21BrN4O2. The molecule has 1 fully saturated rings. The number of aliphatic hydroxyl groups is 1. The molecule has 0 atom stereocenters. The predicted molar refractivity (Wildman–Crippen MR) is 85.1 cm³/mol. The number of pyridine rings is 1. The van der Waals surface area contributed by atoms with E-state index < -0.39 is 0 Å². The van der Waals surface area contributed by atoms with Gasteiger partial charge in [0.25, 0.3) is 0 Å². The van der Waals surface area contributed by atoms with E-state index in [-0.39, 0.29) is 12.5 Å². The third-order valence-electron chi connectivity index (χ3n) is 3.53. The molecule has 1 aliphatic heterocycles. The Balaban J connectivity index is 1.68. The summed E-state index contributed by atoms with van der Waals surface area (Å²) in [6.07, 6.45) is 2.12. The number of rotatable bonds is 6. The number of nitrogens with one attached hydrogen (secondary N) is 1. The molecule has 0 bridgehead atoms. The van der Waals surface area contributed by atoms with Crippen LogP contribution in [0.15, 0.2) is 22.8 Å². The van der Waals surface area contributed by atoms with Crippen LogP contribution < -0.4 is 5.32 Å². The Hall–Kier alpha value is -1.02. The average Bonchev–Trinajstić information content (AvgIpc) is 2.47. The molecule has 1 saturated heterocycles. The molecule has 0 aliphatic carbocycles. The Morgan fingerprint density at radius 2 is 1.95 bits per heavy atom. The molecule has 116 valence electrons. The van der Waals surface area contributed by atoms with Gasteiger partial charge in [-0.25, -0.2) is 4.98 Å². The van der Waals surface area contributed by atoms with Gasteiger partial charge < -0.3 is 15.3 Å². The molecule has 2 N–H and O–H groups in total. The van der Waals surface area contributed by atoms with Crippen LogP contribution >= 0.6 is 15.9 Å². The van der Waals surface area contributed by atoms with Crippen molar-refractivity contribution >= 4 is 27.7 Å². The highest BCUT2D eigenvalue weighted by atomic mass is 79.9. The van der Waals surface area contributed by atoms with Crippen LogP contribution in [-0.2, 0) is 4.79 Å². The van der Waals surface area contributed by atoms with E-state index in [1.54, 1.807) is 12.3 Å². The second-order valence-electron chi connectivity index (χ2n) is 5.06. The zero-order valence-electron chi connectivity index (χ0n) is 12.0. The van der Waals surface area contributed by atoms with Crippen LogP contribution in [0.1, 0.15) is 6.42 Å². The van der Waals surface area contributed by atoms with Crippen LogP contribution in [0.2, 0.25) is 0 Å². The van der Waals surface area contributed by atoms with Crippen molar-refractivity contribution in [3.05, 3.63) is 22.8 Å². The summed E-state index contributed by atoms with van der Waals surface area (Å²) in [5.41, 5.74) is 0. The SMILES string of the molecule is O=C(CCN1CCN(CCO)CC1)Nc1cc(Br)ccn1. The molecule has 1 aromatic rings. The minimum absolute atomic E-state index is 0.0154. The standard InChI is InChI=1S/C14H21BrN4O2/c15-12-1-3-16-13(11-12)17-14(21)2-4-18-5-7-19(8-6-18)9-10-20/h1,3,11,20H,2,4-10H2,(H,16,17,21). The fraction of sp³-hybridized carbons (Fsp3) is 0.571.